The summed E-state index contributed by atoms with van der Waals surface area (Å²) in [5, 5.41) is 1.68. The molecule has 0 spiro atoms. The Hall–Kier alpha value is -0.830. The summed E-state index contributed by atoms with van der Waals surface area (Å²) in [6.07, 6.45) is 5.43. The van der Waals surface area contributed by atoms with Crippen LogP contribution in [0.2, 0.25) is 0 Å². The molecule has 0 amide bonds. The minimum Gasteiger partial charge on any atom is -0.238 e. The number of allylic oxidation sites excluding steroid dienone is 1. The lowest BCUT2D eigenvalue weighted by Gasteiger charge is -1.85. The van der Waals surface area contributed by atoms with Gasteiger partial charge < -0.3 is 0 Å². The Kier molecular flexibility index (Phi) is 0.398. The maximum absolute atomic E-state index is 4.83. The standard InChI is InChI=1S/C4H4N2O/c1-2-5-4-6(3-1)7-4/h1-4H. The topological polar surface area (TPSA) is 27.9 Å². The van der Waals surface area contributed by atoms with Gasteiger partial charge in [0.2, 0.25) is 0 Å². The third kappa shape index (κ3) is 0.351. The van der Waals surface area contributed by atoms with Crippen LogP contribution >= 0.6 is 0 Å². The summed E-state index contributed by atoms with van der Waals surface area (Å²) in [6, 6.07) is 0. The molecule has 0 saturated carbocycles. The van der Waals surface area contributed by atoms with Gasteiger partial charge in [-0.05, 0) is 6.08 Å². The molecule has 36 valence electrons. The number of hydrogen-bond acceptors (Lipinski definition) is 3. The number of rotatable bonds is 0. The highest BCUT2D eigenvalue weighted by atomic mass is 16.8. The number of hydrogen-bond donors (Lipinski definition) is 0. The molecule has 2 aliphatic heterocycles. The maximum atomic E-state index is 4.83. The van der Waals surface area contributed by atoms with Crippen LogP contribution in [0.4, 0.5) is 0 Å². The zero-order valence-electron chi connectivity index (χ0n) is 3.61. The van der Waals surface area contributed by atoms with Crippen LogP contribution in [0.15, 0.2) is 17.3 Å². The smallest absolute Gasteiger partial charge is 0.238 e. The molecule has 0 N–H and O–H groups in total. The van der Waals surface area contributed by atoms with Gasteiger partial charge in [0.25, 0.3) is 6.35 Å². The molecule has 1 unspecified atom stereocenters. The number of nitrogens with zero attached hydrogens (tertiary/aromatic N) is 2. The third-order valence-electron chi connectivity index (χ3n) is 0.921. The highest BCUT2D eigenvalue weighted by Gasteiger charge is 2.33. The molecule has 1 atom stereocenters. The first-order chi connectivity index (χ1) is 3.47. The van der Waals surface area contributed by atoms with Crippen LogP contribution in [-0.2, 0) is 4.84 Å². The number of aliphatic imine (C=N–C) groups is 1. The monoisotopic (exact) mass is 96.0 g/mol. The molecular formula is C4H4N2O. The first-order valence-corrected chi connectivity index (χ1v) is 2.12. The van der Waals surface area contributed by atoms with Crippen molar-refractivity contribution in [2.75, 3.05) is 0 Å². The molecule has 0 aromatic rings. The highest BCUT2D eigenvalue weighted by molar-refractivity contribution is 5.71. The normalized spacial score (nSPS) is 33.1. The van der Waals surface area contributed by atoms with Crippen LogP contribution in [0.3, 0.4) is 0 Å². The quantitative estimate of drug-likeness (QED) is 0.400. The van der Waals surface area contributed by atoms with Gasteiger partial charge in [0, 0.05) is 12.4 Å². The molecule has 2 rings (SSSR count). The molecule has 3 heteroatoms. The van der Waals surface area contributed by atoms with E-state index in [1.165, 1.54) is 0 Å². The Morgan fingerprint density at radius 2 is 2.71 bits per heavy atom. The van der Waals surface area contributed by atoms with Crippen LogP contribution in [0.5, 0.6) is 0 Å². The lowest BCUT2D eigenvalue weighted by Crippen LogP contribution is -1.93. The molecular weight excluding hydrogens is 92.1 g/mol. The Labute approximate surface area is 40.9 Å². The van der Waals surface area contributed by atoms with Crippen molar-refractivity contribution >= 4 is 6.21 Å². The lowest BCUT2D eigenvalue weighted by atomic mass is 10.6. The van der Waals surface area contributed by atoms with Crippen molar-refractivity contribution < 1.29 is 4.84 Å². The summed E-state index contributed by atoms with van der Waals surface area (Å²) in [6.45, 7) is 0. The summed E-state index contributed by atoms with van der Waals surface area (Å²) < 4.78 is 0. The van der Waals surface area contributed by atoms with E-state index < -0.39 is 0 Å². The van der Waals surface area contributed by atoms with E-state index in [0.717, 1.165) is 0 Å². The van der Waals surface area contributed by atoms with Gasteiger partial charge in [-0.15, -0.1) is 0 Å². The summed E-state index contributed by atoms with van der Waals surface area (Å²) in [5.41, 5.74) is 0. The molecule has 7 heavy (non-hydrogen) atoms. The van der Waals surface area contributed by atoms with Crippen LogP contribution in [0, 0.1) is 0 Å². The second kappa shape index (κ2) is 0.869. The molecule has 0 bridgehead atoms. The average Bonchev–Trinajstić information content (AvgIpc) is 2.41. The first kappa shape index (κ1) is 3.21. The Morgan fingerprint density at radius 1 is 1.71 bits per heavy atom. The second-order valence-electron chi connectivity index (χ2n) is 1.43. The van der Waals surface area contributed by atoms with Crippen molar-refractivity contribution in [1.29, 1.82) is 0 Å². The van der Waals surface area contributed by atoms with Crippen molar-refractivity contribution in [3.8, 4) is 0 Å². The summed E-state index contributed by atoms with van der Waals surface area (Å²) in [5.74, 6) is 0. The first-order valence-electron chi connectivity index (χ1n) is 2.12. The van der Waals surface area contributed by atoms with Crippen LogP contribution in [0.25, 0.3) is 0 Å². The van der Waals surface area contributed by atoms with Gasteiger partial charge in [-0.1, -0.05) is 0 Å². The van der Waals surface area contributed by atoms with Crippen LogP contribution in [-0.4, -0.2) is 17.6 Å². The van der Waals surface area contributed by atoms with E-state index in [1.807, 2.05) is 12.3 Å². The van der Waals surface area contributed by atoms with Crippen molar-refractivity contribution in [2.45, 2.75) is 6.35 Å². The fourth-order valence-corrected chi connectivity index (χ4v) is 0.530. The average molecular weight is 96.1 g/mol. The Bertz CT molecular complexity index is 125. The van der Waals surface area contributed by atoms with Gasteiger partial charge in [0.1, 0.15) is 0 Å². The minimum absolute atomic E-state index is 0.0185. The lowest BCUT2D eigenvalue weighted by molar-refractivity contribution is 0.257. The predicted molar refractivity (Wildman–Crippen MR) is 24.3 cm³/mol. The SMILES string of the molecule is C1=CN2OC2N=C1. The van der Waals surface area contributed by atoms with Crippen LogP contribution in [0.1, 0.15) is 0 Å². The fraction of sp³-hybridized carbons (Fsp3) is 0.250. The molecule has 0 aromatic heterocycles. The van der Waals surface area contributed by atoms with E-state index in [2.05, 4.69) is 4.99 Å². The van der Waals surface area contributed by atoms with Crippen LogP contribution < -0.4 is 0 Å². The van der Waals surface area contributed by atoms with E-state index in [9.17, 15) is 0 Å². The summed E-state index contributed by atoms with van der Waals surface area (Å²) in [4.78, 5) is 8.72. The fourth-order valence-electron chi connectivity index (χ4n) is 0.530. The van der Waals surface area contributed by atoms with E-state index >= 15 is 0 Å². The molecule has 3 nitrogen and oxygen atoms in total. The zero-order valence-corrected chi connectivity index (χ0v) is 3.61. The molecule has 0 radical (unpaired) electrons. The third-order valence-corrected chi connectivity index (χ3v) is 0.921. The summed E-state index contributed by atoms with van der Waals surface area (Å²) in [7, 11) is 0. The molecule has 2 heterocycles. The molecule has 1 fully saturated rings. The van der Waals surface area contributed by atoms with Gasteiger partial charge in [0.05, 0.1) is 0 Å². The number of hydroxylamine groups is 2. The van der Waals surface area contributed by atoms with Gasteiger partial charge >= 0.3 is 0 Å². The number of fused-ring (bicyclic) bond motifs is 1. The summed E-state index contributed by atoms with van der Waals surface area (Å²) >= 11 is 0. The van der Waals surface area contributed by atoms with E-state index in [4.69, 9.17) is 4.84 Å². The van der Waals surface area contributed by atoms with Gasteiger partial charge in [-0.2, -0.15) is 0 Å². The predicted octanol–water partition coefficient (Wildman–Crippen LogP) is 0.115. The minimum atomic E-state index is 0.0185. The van der Waals surface area contributed by atoms with Crippen molar-refractivity contribution in [3.63, 3.8) is 0 Å². The van der Waals surface area contributed by atoms with Gasteiger partial charge in [-0.25, -0.2) is 14.9 Å². The molecule has 0 aliphatic carbocycles. The second-order valence-corrected chi connectivity index (χ2v) is 1.43. The van der Waals surface area contributed by atoms with Crippen molar-refractivity contribution in [2.24, 2.45) is 4.99 Å². The zero-order chi connectivity index (χ0) is 4.69. The van der Waals surface area contributed by atoms with E-state index in [-0.39, 0.29) is 6.35 Å². The molecule has 0 aromatic carbocycles. The highest BCUT2D eigenvalue weighted by Crippen LogP contribution is 2.22. The Balaban J connectivity index is 2.28. The largest absolute Gasteiger partial charge is 0.273 e. The van der Waals surface area contributed by atoms with Gasteiger partial charge in [0.15, 0.2) is 0 Å². The molecule has 2 aliphatic rings. The van der Waals surface area contributed by atoms with Gasteiger partial charge in [-0.3, -0.25) is 0 Å². The van der Waals surface area contributed by atoms with E-state index in [1.54, 1.807) is 11.3 Å². The Morgan fingerprint density at radius 3 is 3.29 bits per heavy atom. The van der Waals surface area contributed by atoms with E-state index in [0.29, 0.717) is 0 Å². The molecule has 1 saturated heterocycles. The maximum Gasteiger partial charge on any atom is 0.273 e. The van der Waals surface area contributed by atoms with Crippen molar-refractivity contribution in [1.82, 2.24) is 5.06 Å². The van der Waals surface area contributed by atoms with Crippen molar-refractivity contribution in [3.05, 3.63) is 12.3 Å².